The van der Waals surface area contributed by atoms with E-state index in [9.17, 15) is 13.2 Å². The van der Waals surface area contributed by atoms with E-state index < -0.39 is 15.9 Å². The monoisotopic (exact) mass is 369 g/mol. The summed E-state index contributed by atoms with van der Waals surface area (Å²) in [5, 5.41) is 2.95. The van der Waals surface area contributed by atoms with Gasteiger partial charge in [-0.2, -0.15) is 0 Å². The van der Waals surface area contributed by atoms with E-state index in [4.69, 9.17) is 0 Å². The fraction of sp³-hybridized carbons (Fsp3) is 0.158. The second kappa shape index (κ2) is 7.13. The minimum Gasteiger partial charge on any atom is -0.338 e. The number of hydrogen-bond donors (Lipinski definition) is 1. The van der Waals surface area contributed by atoms with Crippen molar-refractivity contribution in [2.24, 2.45) is 7.05 Å². The van der Waals surface area contributed by atoms with Crippen LogP contribution in [-0.2, 0) is 16.9 Å². The van der Waals surface area contributed by atoms with Gasteiger partial charge in [-0.3, -0.25) is 4.79 Å². The number of nitrogens with one attached hydrogen (secondary N) is 1. The van der Waals surface area contributed by atoms with E-state index in [-0.39, 0.29) is 16.4 Å². The quantitative estimate of drug-likeness (QED) is 0.748. The van der Waals surface area contributed by atoms with Gasteiger partial charge in [-0.05, 0) is 23.8 Å². The van der Waals surface area contributed by atoms with E-state index in [1.165, 1.54) is 12.1 Å². The van der Waals surface area contributed by atoms with Crippen molar-refractivity contribution in [1.82, 2.24) is 14.9 Å². The molecule has 1 aromatic heterocycles. The standard InChI is InChI=1S/C19H19N3O3S/c1-22-12-11-20-18(22)17(14-7-4-3-5-8-14)21-19(23)15-9-6-10-16(13-15)26(2,24)25/h3-13,17H,1-2H3,(H,21,23). The van der Waals surface area contributed by atoms with Crippen LogP contribution in [0.4, 0.5) is 0 Å². The third-order valence-electron chi connectivity index (χ3n) is 4.05. The summed E-state index contributed by atoms with van der Waals surface area (Å²) in [7, 11) is -1.53. The average Bonchev–Trinajstić information content (AvgIpc) is 3.05. The Labute approximate surface area is 152 Å². The zero-order chi connectivity index (χ0) is 18.7. The van der Waals surface area contributed by atoms with Gasteiger partial charge in [-0.1, -0.05) is 36.4 Å². The van der Waals surface area contributed by atoms with Crippen LogP contribution < -0.4 is 5.32 Å². The number of sulfone groups is 1. The van der Waals surface area contributed by atoms with E-state index in [0.717, 1.165) is 11.8 Å². The third-order valence-corrected chi connectivity index (χ3v) is 5.16. The minimum atomic E-state index is -3.39. The van der Waals surface area contributed by atoms with Gasteiger partial charge in [0.1, 0.15) is 11.9 Å². The van der Waals surface area contributed by atoms with Crippen molar-refractivity contribution in [1.29, 1.82) is 0 Å². The first-order valence-corrected chi connectivity index (χ1v) is 9.88. The number of nitrogens with zero attached hydrogens (tertiary/aromatic N) is 2. The molecule has 6 nitrogen and oxygen atoms in total. The van der Waals surface area contributed by atoms with Gasteiger partial charge in [-0.15, -0.1) is 0 Å². The lowest BCUT2D eigenvalue weighted by Gasteiger charge is -2.19. The van der Waals surface area contributed by atoms with Crippen molar-refractivity contribution in [3.05, 3.63) is 83.9 Å². The van der Waals surface area contributed by atoms with E-state index in [2.05, 4.69) is 10.3 Å². The first-order chi connectivity index (χ1) is 12.4. The predicted octanol–water partition coefficient (Wildman–Crippen LogP) is 2.34. The number of carbonyl (C=O) groups excluding carboxylic acids is 1. The van der Waals surface area contributed by atoms with Crippen molar-refractivity contribution < 1.29 is 13.2 Å². The molecule has 7 heteroatoms. The predicted molar refractivity (Wildman–Crippen MR) is 98.5 cm³/mol. The summed E-state index contributed by atoms with van der Waals surface area (Å²) >= 11 is 0. The molecule has 0 aliphatic rings. The number of imidazole rings is 1. The molecule has 0 saturated heterocycles. The van der Waals surface area contributed by atoms with E-state index >= 15 is 0 Å². The number of carbonyl (C=O) groups is 1. The van der Waals surface area contributed by atoms with Gasteiger partial charge in [0.25, 0.3) is 5.91 Å². The minimum absolute atomic E-state index is 0.110. The molecule has 1 N–H and O–H groups in total. The van der Waals surface area contributed by atoms with Gasteiger partial charge in [0, 0.05) is 31.3 Å². The summed E-state index contributed by atoms with van der Waals surface area (Å²) in [5.74, 6) is 0.316. The van der Waals surface area contributed by atoms with Gasteiger partial charge in [0.2, 0.25) is 0 Å². The van der Waals surface area contributed by atoms with Crippen molar-refractivity contribution in [2.45, 2.75) is 10.9 Å². The first kappa shape index (κ1) is 17.9. The van der Waals surface area contributed by atoms with Crippen molar-refractivity contribution >= 4 is 15.7 Å². The molecule has 134 valence electrons. The first-order valence-electron chi connectivity index (χ1n) is 7.99. The average molecular weight is 369 g/mol. The summed E-state index contributed by atoms with van der Waals surface area (Å²) < 4.78 is 25.3. The molecule has 1 unspecified atom stereocenters. The van der Waals surface area contributed by atoms with Gasteiger partial charge >= 0.3 is 0 Å². The molecule has 0 spiro atoms. The Kier molecular flexibility index (Phi) is 4.90. The zero-order valence-electron chi connectivity index (χ0n) is 14.5. The van der Waals surface area contributed by atoms with Crippen LogP contribution in [0.5, 0.6) is 0 Å². The highest BCUT2D eigenvalue weighted by molar-refractivity contribution is 7.90. The molecule has 2 aromatic carbocycles. The maximum Gasteiger partial charge on any atom is 0.252 e. The lowest BCUT2D eigenvalue weighted by atomic mass is 10.1. The molecule has 1 amide bonds. The molecule has 3 rings (SSSR count). The van der Waals surface area contributed by atoms with Crippen molar-refractivity contribution in [3.8, 4) is 0 Å². The summed E-state index contributed by atoms with van der Waals surface area (Å²) in [4.78, 5) is 17.2. The van der Waals surface area contributed by atoms with Gasteiger partial charge < -0.3 is 9.88 Å². The second-order valence-corrected chi connectivity index (χ2v) is 8.03. The highest BCUT2D eigenvalue weighted by Gasteiger charge is 2.21. The summed E-state index contributed by atoms with van der Waals surface area (Å²) in [6.07, 6.45) is 4.59. The molecule has 0 fully saturated rings. The van der Waals surface area contributed by atoms with Crippen LogP contribution in [-0.4, -0.2) is 30.1 Å². The number of rotatable bonds is 5. The van der Waals surface area contributed by atoms with Crippen molar-refractivity contribution in [2.75, 3.05) is 6.26 Å². The van der Waals surface area contributed by atoms with Crippen LogP contribution in [0, 0.1) is 0 Å². The van der Waals surface area contributed by atoms with Crippen LogP contribution in [0.25, 0.3) is 0 Å². The van der Waals surface area contributed by atoms with Crippen molar-refractivity contribution in [3.63, 3.8) is 0 Å². The van der Waals surface area contributed by atoms with Crippen LogP contribution in [0.15, 0.2) is 71.9 Å². The van der Waals surface area contributed by atoms with Gasteiger partial charge in [0.15, 0.2) is 9.84 Å². The lowest BCUT2D eigenvalue weighted by molar-refractivity contribution is 0.0941. The summed E-state index contributed by atoms with van der Waals surface area (Å²) in [5.41, 5.74) is 1.16. The fourth-order valence-electron chi connectivity index (χ4n) is 2.68. The molecule has 0 radical (unpaired) electrons. The number of hydrogen-bond acceptors (Lipinski definition) is 4. The zero-order valence-corrected chi connectivity index (χ0v) is 15.3. The van der Waals surface area contributed by atoms with Crippen LogP contribution in [0.3, 0.4) is 0 Å². The van der Waals surface area contributed by atoms with E-state index in [1.807, 2.05) is 48.1 Å². The number of amides is 1. The Morgan fingerprint density at radius 1 is 1.12 bits per heavy atom. The Hall–Kier alpha value is -2.93. The number of aryl methyl sites for hydroxylation is 1. The maximum absolute atomic E-state index is 12.8. The number of benzene rings is 2. The van der Waals surface area contributed by atoms with Crippen LogP contribution in [0.1, 0.15) is 27.8 Å². The third kappa shape index (κ3) is 3.83. The lowest BCUT2D eigenvalue weighted by Crippen LogP contribution is -2.31. The highest BCUT2D eigenvalue weighted by atomic mass is 32.2. The van der Waals surface area contributed by atoms with E-state index in [1.54, 1.807) is 18.3 Å². The Bertz CT molecular complexity index is 1030. The van der Waals surface area contributed by atoms with Gasteiger partial charge in [-0.25, -0.2) is 13.4 Å². The Balaban J connectivity index is 1.95. The number of aromatic nitrogens is 2. The molecule has 26 heavy (non-hydrogen) atoms. The highest BCUT2D eigenvalue weighted by Crippen LogP contribution is 2.21. The SMILES string of the molecule is Cn1ccnc1C(NC(=O)c1cccc(S(C)(=O)=O)c1)c1ccccc1. The molecule has 0 saturated carbocycles. The maximum atomic E-state index is 12.8. The summed E-state index contributed by atoms with van der Waals surface area (Å²) in [6.45, 7) is 0. The summed E-state index contributed by atoms with van der Waals surface area (Å²) in [6, 6.07) is 15.0. The normalized spacial score (nSPS) is 12.5. The van der Waals surface area contributed by atoms with Gasteiger partial charge in [0.05, 0.1) is 4.90 Å². The Morgan fingerprint density at radius 3 is 2.46 bits per heavy atom. The molecule has 0 bridgehead atoms. The second-order valence-electron chi connectivity index (χ2n) is 6.01. The molecule has 3 aromatic rings. The fourth-order valence-corrected chi connectivity index (χ4v) is 3.35. The smallest absolute Gasteiger partial charge is 0.252 e. The molecule has 1 atom stereocenters. The van der Waals surface area contributed by atoms with E-state index in [0.29, 0.717) is 5.82 Å². The molecular weight excluding hydrogens is 350 g/mol. The van der Waals surface area contributed by atoms with Crippen LogP contribution >= 0.6 is 0 Å². The molecule has 1 heterocycles. The largest absolute Gasteiger partial charge is 0.338 e. The molecule has 0 aliphatic carbocycles. The molecule has 0 aliphatic heterocycles. The topological polar surface area (TPSA) is 81.1 Å². The van der Waals surface area contributed by atoms with Crippen LogP contribution in [0.2, 0.25) is 0 Å². The molecular formula is C19H19N3O3S. The Morgan fingerprint density at radius 2 is 1.85 bits per heavy atom.